The molecular weight excluding hydrogens is 452 g/mol. The van der Waals surface area contributed by atoms with Crippen molar-refractivity contribution in [3.05, 3.63) is 80.1 Å². The number of hydrogen-bond donors (Lipinski definition) is 1. The van der Waals surface area contributed by atoms with Crippen molar-refractivity contribution in [2.45, 2.75) is 32.4 Å². The molecule has 1 N–H and O–H groups in total. The quantitative estimate of drug-likeness (QED) is 0.522. The van der Waals surface area contributed by atoms with Gasteiger partial charge in [0.1, 0.15) is 0 Å². The van der Waals surface area contributed by atoms with Crippen molar-refractivity contribution in [3.63, 3.8) is 0 Å². The number of aryl methyl sites for hydroxylation is 1. The molecular formula is C25H28N4O6. The Morgan fingerprint density at radius 3 is 2.60 bits per heavy atom. The molecule has 3 aromatic rings. The first-order valence-electron chi connectivity index (χ1n) is 11.3. The molecule has 2 aromatic carbocycles. The van der Waals surface area contributed by atoms with Crippen LogP contribution in [0.25, 0.3) is 5.69 Å². The highest BCUT2D eigenvalue weighted by Crippen LogP contribution is 2.28. The fourth-order valence-corrected chi connectivity index (χ4v) is 3.97. The number of amides is 1. The molecule has 10 nitrogen and oxygen atoms in total. The Balaban J connectivity index is 1.81. The average molecular weight is 481 g/mol. The van der Waals surface area contributed by atoms with Crippen LogP contribution in [0.4, 0.5) is 0 Å². The summed E-state index contributed by atoms with van der Waals surface area (Å²) < 4.78 is 18.2. The van der Waals surface area contributed by atoms with Crippen LogP contribution in [-0.4, -0.2) is 53.7 Å². The maximum absolute atomic E-state index is 13.4. The minimum atomic E-state index is -0.764. The normalized spacial score (nSPS) is 15.1. The Labute approximate surface area is 202 Å². The zero-order chi connectivity index (χ0) is 24.9. The number of benzene rings is 2. The topological polar surface area (TPSA) is 114 Å². The predicted octanol–water partition coefficient (Wildman–Crippen LogP) is 1.68. The van der Waals surface area contributed by atoms with Crippen molar-refractivity contribution in [3.8, 4) is 17.2 Å². The third-order valence-corrected chi connectivity index (χ3v) is 5.99. The first-order chi connectivity index (χ1) is 16.9. The number of carbonyl (C=O) groups excluding carboxylic acids is 1. The maximum atomic E-state index is 13.4. The van der Waals surface area contributed by atoms with E-state index in [0.717, 1.165) is 33.2 Å². The summed E-state index contributed by atoms with van der Waals surface area (Å²) in [5.41, 5.74) is 0.187. The second-order valence-corrected chi connectivity index (χ2v) is 8.25. The van der Waals surface area contributed by atoms with E-state index in [1.165, 1.54) is 14.2 Å². The van der Waals surface area contributed by atoms with Gasteiger partial charge in [-0.2, -0.15) is 9.78 Å². The van der Waals surface area contributed by atoms with E-state index in [1.807, 2.05) is 31.2 Å². The Morgan fingerprint density at radius 2 is 1.91 bits per heavy atom. The summed E-state index contributed by atoms with van der Waals surface area (Å²) in [5, 5.41) is 6.89. The van der Waals surface area contributed by atoms with Gasteiger partial charge in [0.25, 0.3) is 11.5 Å². The lowest BCUT2D eigenvalue weighted by atomic mass is 10.1. The molecule has 10 heteroatoms. The fraction of sp³-hybridized carbons (Fsp3) is 0.360. The molecule has 184 valence electrons. The first-order valence-corrected chi connectivity index (χ1v) is 11.3. The number of aromatic nitrogens is 3. The lowest BCUT2D eigenvalue weighted by Crippen LogP contribution is -2.46. The number of hydrogen-bond acceptors (Lipinski definition) is 7. The molecule has 0 saturated carbocycles. The molecule has 0 bridgehead atoms. The van der Waals surface area contributed by atoms with Crippen LogP contribution in [-0.2, 0) is 11.3 Å². The zero-order valence-corrected chi connectivity index (χ0v) is 19.9. The molecule has 0 spiro atoms. The lowest BCUT2D eigenvalue weighted by Gasteiger charge is -2.15. The number of nitrogens with one attached hydrogen (secondary N) is 1. The molecule has 0 radical (unpaired) electrons. The lowest BCUT2D eigenvalue weighted by molar-refractivity contribution is 0.0849. The van der Waals surface area contributed by atoms with E-state index < -0.39 is 17.2 Å². The Bertz CT molecular complexity index is 1340. The molecule has 0 aliphatic carbocycles. The van der Waals surface area contributed by atoms with E-state index in [0.29, 0.717) is 23.8 Å². The molecule has 1 saturated heterocycles. The van der Waals surface area contributed by atoms with E-state index in [2.05, 4.69) is 10.4 Å². The third kappa shape index (κ3) is 5.12. The number of carbonyl (C=O) groups is 1. The largest absolute Gasteiger partial charge is 0.493 e. The highest BCUT2D eigenvalue weighted by molar-refractivity contribution is 5.91. The van der Waals surface area contributed by atoms with Crippen LogP contribution >= 0.6 is 0 Å². The second kappa shape index (κ2) is 10.6. The van der Waals surface area contributed by atoms with Crippen LogP contribution < -0.4 is 26.0 Å². The number of methoxy groups -OCH3 is 2. The van der Waals surface area contributed by atoms with Crippen molar-refractivity contribution < 1.29 is 19.0 Å². The second-order valence-electron chi connectivity index (χ2n) is 8.25. The fourth-order valence-electron chi connectivity index (χ4n) is 3.97. The number of nitrogens with zero attached hydrogens (tertiary/aromatic N) is 3. The van der Waals surface area contributed by atoms with Gasteiger partial charge in [-0.3, -0.25) is 14.2 Å². The number of rotatable bonds is 8. The van der Waals surface area contributed by atoms with Gasteiger partial charge in [0.05, 0.1) is 32.6 Å². The Morgan fingerprint density at radius 1 is 1.14 bits per heavy atom. The van der Waals surface area contributed by atoms with Crippen molar-refractivity contribution in [2.75, 3.05) is 27.4 Å². The van der Waals surface area contributed by atoms with Crippen molar-refractivity contribution in [1.29, 1.82) is 0 Å². The summed E-state index contributed by atoms with van der Waals surface area (Å²) in [4.78, 5) is 39.8. The highest BCUT2D eigenvalue weighted by atomic mass is 16.5. The molecule has 1 unspecified atom stereocenters. The third-order valence-electron chi connectivity index (χ3n) is 5.99. The first kappa shape index (κ1) is 24.2. The summed E-state index contributed by atoms with van der Waals surface area (Å²) in [5.74, 6) is 0.171. The van der Waals surface area contributed by atoms with E-state index in [9.17, 15) is 14.4 Å². The molecule has 2 heterocycles. The summed E-state index contributed by atoms with van der Waals surface area (Å²) in [7, 11) is 2.97. The average Bonchev–Trinajstić information content (AvgIpc) is 3.39. The summed E-state index contributed by atoms with van der Waals surface area (Å²) in [6.45, 7) is 2.79. The Hall–Kier alpha value is -3.92. The molecule has 1 amide bonds. The molecule has 1 fully saturated rings. The van der Waals surface area contributed by atoms with Crippen LogP contribution in [0.1, 0.15) is 34.5 Å². The molecule has 1 atom stereocenters. The van der Waals surface area contributed by atoms with E-state index in [-0.39, 0.29) is 24.9 Å². The summed E-state index contributed by atoms with van der Waals surface area (Å²) >= 11 is 0. The van der Waals surface area contributed by atoms with E-state index in [4.69, 9.17) is 14.2 Å². The summed E-state index contributed by atoms with van der Waals surface area (Å²) in [6.07, 6.45) is 1.65. The SMILES string of the molecule is COc1ccc(-n2nc(C(=O)NCC3CCCO3)c(=O)n(Cc3ccccc3C)c2=O)cc1OC. The molecule has 1 aromatic heterocycles. The van der Waals surface area contributed by atoms with Gasteiger partial charge in [-0.25, -0.2) is 4.79 Å². The van der Waals surface area contributed by atoms with Gasteiger partial charge < -0.3 is 19.5 Å². The van der Waals surface area contributed by atoms with Crippen LogP contribution in [0.3, 0.4) is 0 Å². The van der Waals surface area contributed by atoms with Crippen LogP contribution in [0.2, 0.25) is 0 Å². The van der Waals surface area contributed by atoms with Crippen LogP contribution in [0.15, 0.2) is 52.1 Å². The molecule has 4 rings (SSSR count). The van der Waals surface area contributed by atoms with Crippen LogP contribution in [0.5, 0.6) is 11.5 Å². The molecule has 1 aliphatic heterocycles. The maximum Gasteiger partial charge on any atom is 0.352 e. The molecule has 1 aliphatic rings. The number of ether oxygens (including phenoxy) is 3. The van der Waals surface area contributed by atoms with Gasteiger partial charge in [-0.15, -0.1) is 0 Å². The minimum Gasteiger partial charge on any atom is -0.493 e. The Kier molecular flexibility index (Phi) is 7.31. The predicted molar refractivity (Wildman–Crippen MR) is 129 cm³/mol. The highest BCUT2D eigenvalue weighted by Gasteiger charge is 2.23. The van der Waals surface area contributed by atoms with E-state index in [1.54, 1.807) is 18.2 Å². The summed E-state index contributed by atoms with van der Waals surface area (Å²) in [6, 6.07) is 12.2. The van der Waals surface area contributed by atoms with Gasteiger partial charge in [-0.05, 0) is 43.0 Å². The van der Waals surface area contributed by atoms with Crippen LogP contribution in [0, 0.1) is 6.92 Å². The van der Waals surface area contributed by atoms with Gasteiger partial charge in [0.2, 0.25) is 5.69 Å². The van der Waals surface area contributed by atoms with Crippen molar-refractivity contribution >= 4 is 5.91 Å². The van der Waals surface area contributed by atoms with Crippen molar-refractivity contribution in [1.82, 2.24) is 19.7 Å². The van der Waals surface area contributed by atoms with E-state index >= 15 is 0 Å². The molecule has 35 heavy (non-hydrogen) atoms. The smallest absolute Gasteiger partial charge is 0.352 e. The van der Waals surface area contributed by atoms with Gasteiger partial charge in [-0.1, -0.05) is 24.3 Å². The zero-order valence-electron chi connectivity index (χ0n) is 19.9. The van der Waals surface area contributed by atoms with Gasteiger partial charge >= 0.3 is 5.69 Å². The minimum absolute atomic E-state index is 0.00777. The van der Waals surface area contributed by atoms with Gasteiger partial charge in [0, 0.05) is 19.2 Å². The van der Waals surface area contributed by atoms with Gasteiger partial charge in [0.15, 0.2) is 11.5 Å². The monoisotopic (exact) mass is 480 g/mol. The van der Waals surface area contributed by atoms with Crippen molar-refractivity contribution in [2.24, 2.45) is 0 Å². The standard InChI is InChI=1S/C25H28N4O6/c1-16-7-4-5-8-17(16)15-28-24(31)22(23(30)26-14-19-9-6-12-35-19)27-29(25(28)32)18-10-11-20(33-2)21(13-18)34-3/h4-5,7-8,10-11,13,19H,6,9,12,14-15H2,1-3H3,(H,26,30).